The summed E-state index contributed by atoms with van der Waals surface area (Å²) in [5.41, 5.74) is 2.75. The number of aromatic nitrogens is 3. The van der Waals surface area contributed by atoms with Crippen molar-refractivity contribution in [1.82, 2.24) is 20.3 Å². The van der Waals surface area contributed by atoms with Crippen LogP contribution >= 0.6 is 11.3 Å². The lowest BCUT2D eigenvalue weighted by atomic mass is 10.1. The average Bonchev–Trinajstić information content (AvgIpc) is 3.55. The molecule has 1 fully saturated rings. The molecule has 4 heterocycles. The maximum atomic E-state index is 12.3. The second-order valence-electron chi connectivity index (χ2n) is 9.39. The number of nitrogens with one attached hydrogen (secondary N) is 2. The summed E-state index contributed by atoms with van der Waals surface area (Å²) in [7, 11) is 4.83. The summed E-state index contributed by atoms with van der Waals surface area (Å²) in [6.07, 6.45) is 0.836. The van der Waals surface area contributed by atoms with E-state index in [2.05, 4.69) is 25.4 Å². The number of ether oxygens (including phenoxy) is 4. The Bertz CT molecular complexity index is 1350. The minimum atomic E-state index is -0.376. The highest BCUT2D eigenvalue weighted by Crippen LogP contribution is 2.40. The van der Waals surface area contributed by atoms with Gasteiger partial charge in [-0.1, -0.05) is 11.3 Å². The van der Waals surface area contributed by atoms with Crippen LogP contribution in [0.25, 0.3) is 0 Å². The minimum absolute atomic E-state index is 0.308. The van der Waals surface area contributed by atoms with Gasteiger partial charge in [-0.3, -0.25) is 5.32 Å². The smallest absolute Gasteiger partial charge is 0.350 e. The van der Waals surface area contributed by atoms with Crippen molar-refractivity contribution in [2.24, 2.45) is 0 Å². The summed E-state index contributed by atoms with van der Waals surface area (Å²) in [6.45, 7) is 8.80. The van der Waals surface area contributed by atoms with Crippen LogP contribution in [0.5, 0.6) is 17.2 Å². The third-order valence-electron chi connectivity index (χ3n) is 6.89. The Labute approximate surface area is 237 Å². The van der Waals surface area contributed by atoms with Gasteiger partial charge in [0.25, 0.3) is 0 Å². The Balaban J connectivity index is 1.49. The predicted octanol–water partition coefficient (Wildman–Crippen LogP) is 3.16. The van der Waals surface area contributed by atoms with E-state index in [4.69, 9.17) is 28.9 Å². The quantitative estimate of drug-likeness (QED) is 0.349. The Morgan fingerprint density at radius 1 is 1.02 bits per heavy atom. The standard InChI is InChI=1S/C27H35N7O5S/c1-6-39-25(35)22-16(2)29-27(40-22)32-26-30-23(33-11-8-28-9-12-33)18-7-10-34(24(18)31-26)15-17-13-19(36-3)21(38-5)20(14-17)37-4/h13-14,28H,6-12,15H2,1-5H3,(H,29,30,31,32). The molecule has 3 aromatic rings. The Hall–Kier alpha value is -3.84. The van der Waals surface area contributed by atoms with Crippen LogP contribution in [0.4, 0.5) is 22.7 Å². The van der Waals surface area contributed by atoms with E-state index in [0.29, 0.717) is 52.1 Å². The lowest BCUT2D eigenvalue weighted by Crippen LogP contribution is -2.44. The lowest BCUT2D eigenvalue weighted by molar-refractivity contribution is 0.0531. The Morgan fingerprint density at radius 3 is 2.38 bits per heavy atom. The number of carbonyl (C=O) groups is 1. The second-order valence-corrected chi connectivity index (χ2v) is 10.4. The lowest BCUT2D eigenvalue weighted by Gasteiger charge is -2.30. The Morgan fingerprint density at radius 2 is 1.73 bits per heavy atom. The highest BCUT2D eigenvalue weighted by atomic mass is 32.1. The maximum absolute atomic E-state index is 12.3. The molecule has 0 bridgehead atoms. The number of aryl methyl sites for hydroxylation is 1. The van der Waals surface area contributed by atoms with Gasteiger partial charge in [0, 0.05) is 44.8 Å². The fourth-order valence-electron chi connectivity index (χ4n) is 5.03. The molecule has 0 amide bonds. The third kappa shape index (κ3) is 5.56. The molecule has 0 aliphatic carbocycles. The molecule has 0 radical (unpaired) electrons. The number of hydrogen-bond donors (Lipinski definition) is 2. The molecule has 0 saturated carbocycles. The van der Waals surface area contributed by atoms with Crippen molar-refractivity contribution >= 4 is 40.0 Å². The first-order valence-electron chi connectivity index (χ1n) is 13.3. The first-order chi connectivity index (χ1) is 19.4. The van der Waals surface area contributed by atoms with E-state index in [1.54, 1.807) is 35.2 Å². The van der Waals surface area contributed by atoms with Gasteiger partial charge >= 0.3 is 5.97 Å². The van der Waals surface area contributed by atoms with Gasteiger partial charge in [-0.15, -0.1) is 0 Å². The number of methoxy groups -OCH3 is 3. The number of esters is 1. The molecule has 2 aromatic heterocycles. The molecule has 0 unspecified atom stereocenters. The molecule has 0 spiro atoms. The SMILES string of the molecule is CCOC(=O)c1sc(Nc2nc(N3CCNCC3)c3c(n2)N(Cc2cc(OC)c(OC)c(OC)c2)CC3)nc1C. The summed E-state index contributed by atoms with van der Waals surface area (Å²) >= 11 is 1.24. The van der Waals surface area contributed by atoms with E-state index in [0.717, 1.165) is 61.9 Å². The van der Waals surface area contributed by atoms with Crippen LogP contribution < -0.4 is 34.6 Å². The van der Waals surface area contributed by atoms with Gasteiger partial charge in [-0.25, -0.2) is 9.78 Å². The molecular formula is C27H35N7O5S. The molecule has 1 aromatic carbocycles. The van der Waals surface area contributed by atoms with E-state index in [1.807, 2.05) is 12.1 Å². The van der Waals surface area contributed by atoms with Gasteiger partial charge in [0.05, 0.1) is 33.6 Å². The summed E-state index contributed by atoms with van der Waals surface area (Å²) < 4.78 is 21.8. The van der Waals surface area contributed by atoms with Crippen LogP contribution in [0.15, 0.2) is 12.1 Å². The third-order valence-corrected chi connectivity index (χ3v) is 7.94. The average molecular weight is 570 g/mol. The Kier molecular flexibility index (Phi) is 8.40. The number of anilines is 4. The van der Waals surface area contributed by atoms with Crippen molar-refractivity contribution < 1.29 is 23.7 Å². The zero-order valence-corrected chi connectivity index (χ0v) is 24.3. The summed E-state index contributed by atoms with van der Waals surface area (Å²) in [6, 6.07) is 3.93. The zero-order valence-electron chi connectivity index (χ0n) is 23.5. The normalized spacial score (nSPS) is 14.6. The molecule has 1 saturated heterocycles. The van der Waals surface area contributed by atoms with Crippen LogP contribution in [0.3, 0.4) is 0 Å². The highest BCUT2D eigenvalue weighted by molar-refractivity contribution is 7.17. The number of rotatable bonds is 10. The first-order valence-corrected chi connectivity index (χ1v) is 14.1. The summed E-state index contributed by atoms with van der Waals surface area (Å²) in [5.74, 6) is 3.65. The van der Waals surface area contributed by atoms with E-state index < -0.39 is 0 Å². The summed E-state index contributed by atoms with van der Waals surface area (Å²) in [5, 5.41) is 7.21. The van der Waals surface area contributed by atoms with Crippen LogP contribution in [-0.4, -0.2) is 81.6 Å². The number of thiazole rings is 1. The van der Waals surface area contributed by atoms with Crippen molar-refractivity contribution in [1.29, 1.82) is 0 Å². The number of hydrogen-bond acceptors (Lipinski definition) is 13. The molecule has 12 nitrogen and oxygen atoms in total. The number of piperazine rings is 1. The predicted molar refractivity (Wildman–Crippen MR) is 154 cm³/mol. The van der Waals surface area contributed by atoms with Crippen LogP contribution in [0.2, 0.25) is 0 Å². The van der Waals surface area contributed by atoms with Crippen molar-refractivity contribution in [3.8, 4) is 17.2 Å². The fourth-order valence-corrected chi connectivity index (χ4v) is 5.88. The summed E-state index contributed by atoms with van der Waals surface area (Å²) in [4.78, 5) is 31.8. The molecule has 40 heavy (non-hydrogen) atoms. The molecule has 2 aliphatic rings. The zero-order chi connectivity index (χ0) is 28.2. The van der Waals surface area contributed by atoms with Gasteiger partial charge in [0.15, 0.2) is 16.6 Å². The molecule has 0 atom stereocenters. The van der Waals surface area contributed by atoms with E-state index in [1.165, 1.54) is 11.3 Å². The number of benzene rings is 1. The van der Waals surface area contributed by atoms with E-state index >= 15 is 0 Å². The second kappa shape index (κ2) is 12.1. The number of nitrogens with zero attached hydrogens (tertiary/aromatic N) is 5. The van der Waals surface area contributed by atoms with Crippen LogP contribution in [-0.2, 0) is 17.7 Å². The van der Waals surface area contributed by atoms with Gasteiger partial charge in [-0.05, 0) is 38.0 Å². The highest BCUT2D eigenvalue weighted by Gasteiger charge is 2.30. The molecular weight excluding hydrogens is 534 g/mol. The number of fused-ring (bicyclic) bond motifs is 1. The van der Waals surface area contributed by atoms with Gasteiger partial charge in [-0.2, -0.15) is 9.97 Å². The van der Waals surface area contributed by atoms with Crippen LogP contribution in [0, 0.1) is 6.92 Å². The van der Waals surface area contributed by atoms with Crippen LogP contribution in [0.1, 0.15) is 33.4 Å². The van der Waals surface area contributed by atoms with Gasteiger partial charge in [0.2, 0.25) is 11.7 Å². The van der Waals surface area contributed by atoms with Crippen molar-refractivity contribution in [2.75, 3.05) is 75.8 Å². The van der Waals surface area contributed by atoms with Crippen molar-refractivity contribution in [2.45, 2.75) is 26.8 Å². The van der Waals surface area contributed by atoms with Gasteiger partial charge in [0.1, 0.15) is 16.5 Å². The number of carbonyl (C=O) groups excluding carboxylic acids is 1. The maximum Gasteiger partial charge on any atom is 0.350 e. The van der Waals surface area contributed by atoms with E-state index in [-0.39, 0.29) is 5.97 Å². The van der Waals surface area contributed by atoms with Crippen molar-refractivity contribution in [3.05, 3.63) is 33.8 Å². The molecule has 5 rings (SSSR count). The molecule has 214 valence electrons. The molecule has 2 aliphatic heterocycles. The molecule has 2 N–H and O–H groups in total. The van der Waals surface area contributed by atoms with Gasteiger partial charge < -0.3 is 34.1 Å². The fraction of sp³-hybridized carbons (Fsp3) is 0.481. The monoisotopic (exact) mass is 569 g/mol. The largest absolute Gasteiger partial charge is 0.493 e. The topological polar surface area (TPSA) is 123 Å². The van der Waals surface area contributed by atoms with Crippen molar-refractivity contribution in [3.63, 3.8) is 0 Å². The minimum Gasteiger partial charge on any atom is -0.493 e. The van der Waals surface area contributed by atoms with E-state index in [9.17, 15) is 4.79 Å². The first kappa shape index (κ1) is 27.7. The molecule has 13 heteroatoms.